The van der Waals surface area contributed by atoms with E-state index in [-0.39, 0.29) is 11.9 Å². The van der Waals surface area contributed by atoms with Gasteiger partial charge in [0.1, 0.15) is 5.75 Å². The molecule has 1 amide bonds. The summed E-state index contributed by atoms with van der Waals surface area (Å²) in [6, 6.07) is 29.4. The van der Waals surface area contributed by atoms with Crippen LogP contribution in [0.5, 0.6) is 5.75 Å². The van der Waals surface area contributed by atoms with Crippen LogP contribution in [-0.2, 0) is 4.79 Å². The Hall–Kier alpha value is -3.11. The zero-order valence-electron chi connectivity index (χ0n) is 19.0. The number of benzene rings is 3. The van der Waals surface area contributed by atoms with E-state index in [1.165, 1.54) is 11.1 Å². The number of hydrogen-bond acceptors (Lipinski definition) is 3. The Bertz CT molecular complexity index is 959. The molecule has 32 heavy (non-hydrogen) atoms. The molecule has 166 valence electrons. The van der Waals surface area contributed by atoms with Gasteiger partial charge in [0.2, 0.25) is 0 Å². The van der Waals surface area contributed by atoms with Gasteiger partial charge in [0, 0.05) is 26.2 Å². The standard InChI is InChI=1S/C28H32N2O2/c1-3-25(32-26-17-11-10-12-22(26)2)28(31)30-20-18-29(19-21-30)27(23-13-6-4-7-14-23)24-15-8-5-9-16-24/h4-17,25,27H,3,18-21H2,1-2H3/t25-/m0/s1. The zero-order valence-corrected chi connectivity index (χ0v) is 19.0. The van der Waals surface area contributed by atoms with Gasteiger partial charge >= 0.3 is 0 Å². The molecule has 1 aliphatic heterocycles. The van der Waals surface area contributed by atoms with Crippen LogP contribution in [0.1, 0.15) is 36.1 Å². The number of carbonyl (C=O) groups excluding carboxylic acids is 1. The van der Waals surface area contributed by atoms with Crippen LogP contribution in [0.25, 0.3) is 0 Å². The molecule has 3 aromatic carbocycles. The fourth-order valence-electron chi connectivity index (χ4n) is 4.44. The number of rotatable bonds is 7. The van der Waals surface area contributed by atoms with Crippen molar-refractivity contribution in [3.8, 4) is 5.75 Å². The Morgan fingerprint density at radius 2 is 1.34 bits per heavy atom. The van der Waals surface area contributed by atoms with Crippen molar-refractivity contribution in [3.63, 3.8) is 0 Å². The van der Waals surface area contributed by atoms with Gasteiger partial charge in [-0.25, -0.2) is 0 Å². The smallest absolute Gasteiger partial charge is 0.263 e. The predicted molar refractivity (Wildman–Crippen MR) is 129 cm³/mol. The van der Waals surface area contributed by atoms with Crippen LogP contribution in [0, 0.1) is 6.92 Å². The van der Waals surface area contributed by atoms with Crippen LogP contribution in [-0.4, -0.2) is 48.0 Å². The molecule has 0 radical (unpaired) electrons. The van der Waals surface area contributed by atoms with Crippen LogP contribution in [0.4, 0.5) is 0 Å². The Labute approximate surface area is 191 Å². The number of para-hydroxylation sites is 1. The van der Waals surface area contributed by atoms with Gasteiger partial charge in [0.15, 0.2) is 6.10 Å². The topological polar surface area (TPSA) is 32.8 Å². The van der Waals surface area contributed by atoms with E-state index in [2.05, 4.69) is 65.6 Å². The fourth-order valence-corrected chi connectivity index (χ4v) is 4.44. The maximum atomic E-state index is 13.2. The van der Waals surface area contributed by atoms with Crippen molar-refractivity contribution in [2.45, 2.75) is 32.4 Å². The lowest BCUT2D eigenvalue weighted by Gasteiger charge is -2.40. The lowest BCUT2D eigenvalue weighted by Crippen LogP contribution is -2.53. The lowest BCUT2D eigenvalue weighted by molar-refractivity contribution is -0.140. The summed E-state index contributed by atoms with van der Waals surface area (Å²) < 4.78 is 6.12. The average molecular weight is 429 g/mol. The maximum Gasteiger partial charge on any atom is 0.263 e. The van der Waals surface area contributed by atoms with Gasteiger partial charge in [0.25, 0.3) is 5.91 Å². The highest BCUT2D eigenvalue weighted by molar-refractivity contribution is 5.81. The van der Waals surface area contributed by atoms with Crippen molar-refractivity contribution in [2.24, 2.45) is 0 Å². The van der Waals surface area contributed by atoms with Gasteiger partial charge in [-0.05, 0) is 36.1 Å². The summed E-state index contributed by atoms with van der Waals surface area (Å²) in [5.41, 5.74) is 3.62. The molecule has 0 N–H and O–H groups in total. The summed E-state index contributed by atoms with van der Waals surface area (Å²) in [6.07, 6.45) is 0.214. The first-order chi connectivity index (χ1) is 15.7. The zero-order chi connectivity index (χ0) is 22.3. The summed E-state index contributed by atoms with van der Waals surface area (Å²) in [5, 5.41) is 0. The number of amides is 1. The van der Waals surface area contributed by atoms with Crippen molar-refractivity contribution >= 4 is 5.91 Å². The third kappa shape index (κ3) is 5.03. The number of piperazine rings is 1. The summed E-state index contributed by atoms with van der Waals surface area (Å²) in [4.78, 5) is 17.7. The Kier molecular flexibility index (Phi) is 7.23. The van der Waals surface area contributed by atoms with Gasteiger partial charge in [-0.2, -0.15) is 0 Å². The van der Waals surface area contributed by atoms with E-state index in [0.717, 1.165) is 24.4 Å². The molecule has 1 atom stereocenters. The first-order valence-electron chi connectivity index (χ1n) is 11.5. The Morgan fingerprint density at radius 3 is 1.88 bits per heavy atom. The number of carbonyl (C=O) groups is 1. The molecule has 0 saturated carbocycles. The van der Waals surface area contributed by atoms with Crippen LogP contribution < -0.4 is 4.74 Å². The minimum atomic E-state index is -0.443. The second-order valence-corrected chi connectivity index (χ2v) is 8.37. The minimum Gasteiger partial charge on any atom is -0.480 e. The highest BCUT2D eigenvalue weighted by Gasteiger charge is 2.31. The maximum absolute atomic E-state index is 13.2. The predicted octanol–water partition coefficient (Wildman–Crippen LogP) is 5.09. The molecule has 1 fully saturated rings. The summed E-state index contributed by atoms with van der Waals surface area (Å²) in [6.45, 7) is 7.11. The normalized spacial score (nSPS) is 15.5. The van der Waals surface area contributed by atoms with E-state index in [4.69, 9.17) is 4.74 Å². The molecule has 1 heterocycles. The van der Waals surface area contributed by atoms with Gasteiger partial charge in [0.05, 0.1) is 6.04 Å². The summed E-state index contributed by atoms with van der Waals surface area (Å²) in [7, 11) is 0. The van der Waals surface area contributed by atoms with Gasteiger partial charge in [-0.3, -0.25) is 9.69 Å². The molecular formula is C28H32N2O2. The molecule has 4 rings (SSSR count). The third-order valence-corrected chi connectivity index (χ3v) is 6.23. The molecule has 1 aliphatic rings. The van der Waals surface area contributed by atoms with Gasteiger partial charge in [-0.15, -0.1) is 0 Å². The molecule has 3 aromatic rings. The lowest BCUT2D eigenvalue weighted by atomic mass is 9.96. The summed E-state index contributed by atoms with van der Waals surface area (Å²) >= 11 is 0. The SMILES string of the molecule is CC[C@H](Oc1ccccc1C)C(=O)N1CCN(C(c2ccccc2)c2ccccc2)CC1. The minimum absolute atomic E-state index is 0.0892. The molecular weight excluding hydrogens is 396 g/mol. The van der Waals surface area contributed by atoms with E-state index in [1.54, 1.807) is 0 Å². The van der Waals surface area contributed by atoms with Crippen molar-refractivity contribution in [2.75, 3.05) is 26.2 Å². The fraction of sp³-hybridized carbons (Fsp3) is 0.321. The van der Waals surface area contributed by atoms with Gasteiger partial charge < -0.3 is 9.64 Å². The average Bonchev–Trinajstić information content (AvgIpc) is 2.85. The third-order valence-electron chi connectivity index (χ3n) is 6.23. The van der Waals surface area contributed by atoms with Crippen molar-refractivity contribution in [1.82, 2.24) is 9.80 Å². The van der Waals surface area contributed by atoms with Crippen molar-refractivity contribution < 1.29 is 9.53 Å². The van der Waals surface area contributed by atoms with E-state index in [1.807, 2.05) is 43.0 Å². The largest absolute Gasteiger partial charge is 0.480 e. The highest BCUT2D eigenvalue weighted by Crippen LogP contribution is 2.29. The Balaban J connectivity index is 1.45. The number of ether oxygens (including phenoxy) is 1. The molecule has 0 spiro atoms. The Morgan fingerprint density at radius 1 is 0.812 bits per heavy atom. The first kappa shape index (κ1) is 22.1. The molecule has 0 bridgehead atoms. The monoisotopic (exact) mass is 428 g/mol. The van der Waals surface area contributed by atoms with Gasteiger partial charge in [-0.1, -0.05) is 85.8 Å². The van der Waals surface area contributed by atoms with Crippen LogP contribution in [0.3, 0.4) is 0 Å². The first-order valence-corrected chi connectivity index (χ1v) is 11.5. The van der Waals surface area contributed by atoms with Crippen molar-refractivity contribution in [3.05, 3.63) is 102 Å². The van der Waals surface area contributed by atoms with Crippen LogP contribution in [0.2, 0.25) is 0 Å². The van der Waals surface area contributed by atoms with Crippen LogP contribution in [0.15, 0.2) is 84.9 Å². The van der Waals surface area contributed by atoms with E-state index in [0.29, 0.717) is 19.5 Å². The van der Waals surface area contributed by atoms with Crippen molar-refractivity contribution in [1.29, 1.82) is 0 Å². The van der Waals surface area contributed by atoms with Crippen LogP contribution >= 0.6 is 0 Å². The molecule has 0 aliphatic carbocycles. The second kappa shape index (κ2) is 10.5. The quantitative estimate of drug-likeness (QED) is 0.526. The number of hydrogen-bond donors (Lipinski definition) is 0. The number of nitrogens with zero attached hydrogens (tertiary/aromatic N) is 2. The molecule has 0 unspecified atom stereocenters. The molecule has 0 aromatic heterocycles. The number of aryl methyl sites for hydroxylation is 1. The molecule has 1 saturated heterocycles. The van der Waals surface area contributed by atoms with E-state index in [9.17, 15) is 4.79 Å². The summed E-state index contributed by atoms with van der Waals surface area (Å²) in [5.74, 6) is 0.880. The highest BCUT2D eigenvalue weighted by atomic mass is 16.5. The molecule has 4 nitrogen and oxygen atoms in total. The van der Waals surface area contributed by atoms with E-state index < -0.39 is 6.10 Å². The van der Waals surface area contributed by atoms with E-state index >= 15 is 0 Å². The molecule has 4 heteroatoms. The second-order valence-electron chi connectivity index (χ2n) is 8.37.